The van der Waals surface area contributed by atoms with E-state index in [9.17, 15) is 9.59 Å². The molecule has 0 spiro atoms. The molecule has 0 unspecified atom stereocenters. The first-order valence-corrected chi connectivity index (χ1v) is 5.31. The molecule has 0 aliphatic rings. The quantitative estimate of drug-likeness (QED) is 0.821. The molecule has 0 bridgehead atoms. The lowest BCUT2D eigenvalue weighted by Crippen LogP contribution is -2.12. The van der Waals surface area contributed by atoms with Gasteiger partial charge in [0, 0.05) is 18.2 Å². The van der Waals surface area contributed by atoms with E-state index in [1.807, 2.05) is 31.2 Å². The van der Waals surface area contributed by atoms with Gasteiger partial charge >= 0.3 is 5.97 Å². The lowest BCUT2D eigenvalue weighted by atomic mass is 10.1. The number of hydrogen-bond donors (Lipinski definition) is 1. The van der Waals surface area contributed by atoms with Gasteiger partial charge in [0.15, 0.2) is 0 Å². The van der Waals surface area contributed by atoms with Gasteiger partial charge < -0.3 is 9.52 Å². The van der Waals surface area contributed by atoms with Gasteiger partial charge in [0.2, 0.25) is 5.78 Å². The third kappa shape index (κ3) is 2.53. The van der Waals surface area contributed by atoms with E-state index in [1.165, 1.54) is 0 Å². The number of rotatable bonds is 4. The lowest BCUT2D eigenvalue weighted by Gasteiger charge is -1.92. The predicted molar refractivity (Wildman–Crippen MR) is 61.9 cm³/mol. The third-order valence-corrected chi connectivity index (χ3v) is 2.56. The Balaban J connectivity index is 2.14. The van der Waals surface area contributed by atoms with Gasteiger partial charge in [0.05, 0.1) is 0 Å². The van der Waals surface area contributed by atoms with Crippen LogP contribution in [0.5, 0.6) is 0 Å². The molecule has 0 saturated heterocycles. The van der Waals surface area contributed by atoms with Crippen molar-refractivity contribution in [1.29, 1.82) is 0 Å². The maximum Gasteiger partial charge on any atom is 0.372 e. The number of aryl methyl sites for hydroxylation is 2. The van der Waals surface area contributed by atoms with Gasteiger partial charge in [0.25, 0.3) is 0 Å². The SMILES string of the molecule is Cc1ccc2oc(CCC(=O)C(=O)O)cc2c1. The minimum absolute atomic E-state index is 0.0336. The van der Waals surface area contributed by atoms with Crippen LogP contribution in [0.3, 0.4) is 0 Å². The summed E-state index contributed by atoms with van der Waals surface area (Å²) in [4.78, 5) is 21.3. The molecule has 17 heavy (non-hydrogen) atoms. The van der Waals surface area contributed by atoms with Crippen molar-refractivity contribution in [1.82, 2.24) is 0 Å². The molecule has 0 saturated carbocycles. The fourth-order valence-electron chi connectivity index (χ4n) is 1.68. The highest BCUT2D eigenvalue weighted by molar-refractivity contribution is 6.32. The number of carboxylic acid groups (broad SMARTS) is 1. The molecule has 0 amide bonds. The number of carbonyl (C=O) groups excluding carboxylic acids is 1. The van der Waals surface area contributed by atoms with Crippen LogP contribution in [0, 0.1) is 6.92 Å². The molecule has 1 N–H and O–H groups in total. The van der Waals surface area contributed by atoms with E-state index in [2.05, 4.69) is 0 Å². The second kappa shape index (κ2) is 4.41. The number of benzene rings is 1. The monoisotopic (exact) mass is 232 g/mol. The zero-order chi connectivity index (χ0) is 12.4. The highest BCUT2D eigenvalue weighted by Gasteiger charge is 2.12. The van der Waals surface area contributed by atoms with Crippen LogP contribution in [0.2, 0.25) is 0 Å². The van der Waals surface area contributed by atoms with Crippen LogP contribution in [0.1, 0.15) is 17.7 Å². The molecule has 2 rings (SSSR count). The van der Waals surface area contributed by atoms with Gasteiger partial charge in [0.1, 0.15) is 11.3 Å². The summed E-state index contributed by atoms with van der Waals surface area (Å²) < 4.78 is 5.51. The fourth-order valence-corrected chi connectivity index (χ4v) is 1.68. The Hall–Kier alpha value is -2.10. The van der Waals surface area contributed by atoms with E-state index in [0.717, 1.165) is 16.5 Å². The maximum atomic E-state index is 10.9. The lowest BCUT2D eigenvalue weighted by molar-refractivity contribution is -0.149. The Bertz CT molecular complexity index is 580. The molecule has 1 aromatic heterocycles. The third-order valence-electron chi connectivity index (χ3n) is 2.56. The summed E-state index contributed by atoms with van der Waals surface area (Å²) in [6, 6.07) is 7.64. The first-order chi connectivity index (χ1) is 8.06. The van der Waals surface area contributed by atoms with Crippen molar-refractivity contribution in [3.05, 3.63) is 35.6 Å². The van der Waals surface area contributed by atoms with Gasteiger partial charge in [-0.25, -0.2) is 4.79 Å². The predicted octanol–water partition coefficient (Wildman–Crippen LogP) is 2.33. The van der Waals surface area contributed by atoms with Crippen LogP contribution in [-0.2, 0) is 16.0 Å². The summed E-state index contributed by atoms with van der Waals surface area (Å²) in [6.07, 6.45) is 0.285. The van der Waals surface area contributed by atoms with Crippen LogP contribution in [0.25, 0.3) is 11.0 Å². The normalized spacial score (nSPS) is 10.6. The van der Waals surface area contributed by atoms with Crippen LogP contribution in [-0.4, -0.2) is 16.9 Å². The van der Waals surface area contributed by atoms with Crippen molar-refractivity contribution < 1.29 is 19.1 Å². The molecule has 1 aromatic carbocycles. The minimum atomic E-state index is -1.39. The Morgan fingerprint density at radius 3 is 2.76 bits per heavy atom. The van der Waals surface area contributed by atoms with Crippen molar-refractivity contribution in [2.24, 2.45) is 0 Å². The van der Waals surface area contributed by atoms with Crippen molar-refractivity contribution in [3.63, 3.8) is 0 Å². The van der Waals surface area contributed by atoms with E-state index in [1.54, 1.807) is 0 Å². The summed E-state index contributed by atoms with van der Waals surface area (Å²) in [6.45, 7) is 1.99. The van der Waals surface area contributed by atoms with Crippen LogP contribution in [0.4, 0.5) is 0 Å². The zero-order valence-electron chi connectivity index (χ0n) is 9.40. The summed E-state index contributed by atoms with van der Waals surface area (Å²) in [5, 5.41) is 9.43. The molecule has 0 radical (unpaired) electrons. The second-order valence-corrected chi connectivity index (χ2v) is 3.98. The van der Waals surface area contributed by atoms with E-state index >= 15 is 0 Å². The van der Waals surface area contributed by atoms with Crippen molar-refractivity contribution in [2.75, 3.05) is 0 Å². The minimum Gasteiger partial charge on any atom is -0.476 e. The zero-order valence-corrected chi connectivity index (χ0v) is 9.40. The molecule has 4 heteroatoms. The maximum absolute atomic E-state index is 10.9. The molecule has 0 aliphatic carbocycles. The van der Waals surface area contributed by atoms with Crippen LogP contribution in [0.15, 0.2) is 28.7 Å². The van der Waals surface area contributed by atoms with Crippen LogP contribution < -0.4 is 0 Å². The van der Waals surface area contributed by atoms with E-state index in [0.29, 0.717) is 12.2 Å². The number of furan rings is 1. The molecule has 0 aliphatic heterocycles. The Morgan fingerprint density at radius 2 is 2.06 bits per heavy atom. The first kappa shape index (κ1) is 11.4. The second-order valence-electron chi connectivity index (χ2n) is 3.98. The number of ketones is 1. The number of fused-ring (bicyclic) bond motifs is 1. The van der Waals surface area contributed by atoms with Crippen LogP contribution >= 0.6 is 0 Å². The molecular weight excluding hydrogens is 220 g/mol. The number of carbonyl (C=O) groups is 2. The van der Waals surface area contributed by atoms with E-state index < -0.39 is 11.8 Å². The van der Waals surface area contributed by atoms with Gasteiger partial charge in [-0.15, -0.1) is 0 Å². The molecular formula is C13H12O4. The topological polar surface area (TPSA) is 67.5 Å². The summed E-state index contributed by atoms with van der Waals surface area (Å²) >= 11 is 0. The summed E-state index contributed by atoms with van der Waals surface area (Å²) in [5.74, 6) is -1.54. The average molecular weight is 232 g/mol. The largest absolute Gasteiger partial charge is 0.476 e. The molecule has 88 valence electrons. The number of carboxylic acids is 1. The molecule has 2 aromatic rings. The number of hydrogen-bond acceptors (Lipinski definition) is 3. The van der Waals surface area contributed by atoms with Gasteiger partial charge in [-0.3, -0.25) is 4.79 Å². The average Bonchev–Trinajstić information content (AvgIpc) is 2.67. The fraction of sp³-hybridized carbons (Fsp3) is 0.231. The highest BCUT2D eigenvalue weighted by atomic mass is 16.4. The van der Waals surface area contributed by atoms with E-state index in [-0.39, 0.29) is 6.42 Å². The Morgan fingerprint density at radius 1 is 1.29 bits per heavy atom. The summed E-state index contributed by atoms with van der Waals surface area (Å²) in [5.41, 5.74) is 1.89. The summed E-state index contributed by atoms with van der Waals surface area (Å²) in [7, 11) is 0. The molecule has 4 nitrogen and oxygen atoms in total. The Kier molecular flexibility index (Phi) is 2.95. The molecule has 1 heterocycles. The smallest absolute Gasteiger partial charge is 0.372 e. The van der Waals surface area contributed by atoms with Gasteiger partial charge in [-0.1, -0.05) is 11.6 Å². The Labute approximate surface area is 97.8 Å². The molecule has 0 fully saturated rings. The van der Waals surface area contributed by atoms with Gasteiger partial charge in [-0.2, -0.15) is 0 Å². The first-order valence-electron chi connectivity index (χ1n) is 5.31. The number of Topliss-reactive ketones (excluding diaryl/α,β-unsaturated/α-hetero) is 1. The molecule has 0 atom stereocenters. The number of aliphatic carboxylic acids is 1. The van der Waals surface area contributed by atoms with Crippen molar-refractivity contribution in [3.8, 4) is 0 Å². The van der Waals surface area contributed by atoms with E-state index in [4.69, 9.17) is 9.52 Å². The van der Waals surface area contributed by atoms with Crippen molar-refractivity contribution in [2.45, 2.75) is 19.8 Å². The van der Waals surface area contributed by atoms with Crippen molar-refractivity contribution >= 4 is 22.7 Å². The standard InChI is InChI=1S/C13H12O4/c1-8-2-5-12-9(6-8)7-10(17-12)3-4-11(14)13(15)16/h2,5-7H,3-4H2,1H3,(H,15,16). The van der Waals surface area contributed by atoms with Gasteiger partial charge in [-0.05, 0) is 25.1 Å². The highest BCUT2D eigenvalue weighted by Crippen LogP contribution is 2.21.